The first-order valence-electron chi connectivity index (χ1n) is 6.23. The maximum Gasteiger partial charge on any atom is 0.219 e. The highest BCUT2D eigenvalue weighted by molar-refractivity contribution is 6.29. The summed E-state index contributed by atoms with van der Waals surface area (Å²) in [5.74, 6) is 0.681. The standard InChI is InChI=1S/C13H17ClN2O2/c1-17-9-6-16(7-9)10-4-3-8-5-11(14)15-13(18-2)12(8)10/h5,9-10H,3-4,6-7H2,1-2H3/t10-/m0/s1. The lowest BCUT2D eigenvalue weighted by atomic mass is 10.0. The molecule has 0 N–H and O–H groups in total. The van der Waals surface area contributed by atoms with Gasteiger partial charge in [-0.25, -0.2) is 4.98 Å². The van der Waals surface area contributed by atoms with Crippen molar-refractivity contribution in [3.8, 4) is 5.88 Å². The molecule has 4 nitrogen and oxygen atoms in total. The molecule has 18 heavy (non-hydrogen) atoms. The molecule has 0 bridgehead atoms. The molecule has 1 atom stereocenters. The lowest BCUT2D eigenvalue weighted by Crippen LogP contribution is -2.52. The maximum absolute atomic E-state index is 6.00. The Morgan fingerprint density at radius 3 is 2.83 bits per heavy atom. The van der Waals surface area contributed by atoms with Crippen LogP contribution in [0.2, 0.25) is 5.15 Å². The van der Waals surface area contributed by atoms with Crippen LogP contribution in [0.5, 0.6) is 5.88 Å². The number of halogens is 1. The molecule has 0 aromatic carbocycles. The summed E-state index contributed by atoms with van der Waals surface area (Å²) >= 11 is 6.00. The van der Waals surface area contributed by atoms with Gasteiger partial charge in [0.15, 0.2) is 0 Å². The van der Waals surface area contributed by atoms with Crippen LogP contribution in [0.3, 0.4) is 0 Å². The van der Waals surface area contributed by atoms with Gasteiger partial charge in [0.2, 0.25) is 5.88 Å². The number of hydrogen-bond acceptors (Lipinski definition) is 4. The minimum atomic E-state index is 0.375. The van der Waals surface area contributed by atoms with Crippen molar-refractivity contribution in [2.45, 2.75) is 25.0 Å². The topological polar surface area (TPSA) is 34.6 Å². The highest BCUT2D eigenvalue weighted by atomic mass is 35.5. The molecular formula is C13H17ClN2O2. The molecule has 2 aliphatic rings. The van der Waals surface area contributed by atoms with E-state index in [0.29, 0.717) is 23.2 Å². The molecule has 0 amide bonds. The normalized spacial score (nSPS) is 23.8. The molecule has 0 spiro atoms. The zero-order valence-corrected chi connectivity index (χ0v) is 11.4. The van der Waals surface area contributed by atoms with Gasteiger partial charge in [-0.2, -0.15) is 0 Å². The van der Waals surface area contributed by atoms with E-state index in [1.807, 2.05) is 6.07 Å². The fourth-order valence-corrected chi connectivity index (χ4v) is 3.15. The molecule has 1 saturated heterocycles. The number of likely N-dealkylation sites (tertiary alicyclic amines) is 1. The van der Waals surface area contributed by atoms with Crippen LogP contribution in [0.25, 0.3) is 0 Å². The van der Waals surface area contributed by atoms with Gasteiger partial charge in [0, 0.05) is 31.8 Å². The Hall–Kier alpha value is -0.840. The average Bonchev–Trinajstić information content (AvgIpc) is 2.70. The second-order valence-corrected chi connectivity index (χ2v) is 5.28. The number of hydrogen-bond donors (Lipinski definition) is 0. The number of nitrogens with zero attached hydrogens (tertiary/aromatic N) is 2. The maximum atomic E-state index is 6.00. The summed E-state index contributed by atoms with van der Waals surface area (Å²) in [6, 6.07) is 2.37. The minimum Gasteiger partial charge on any atom is -0.481 e. The Labute approximate surface area is 112 Å². The average molecular weight is 269 g/mol. The first kappa shape index (κ1) is 12.2. The number of rotatable bonds is 3. The largest absolute Gasteiger partial charge is 0.481 e. The van der Waals surface area contributed by atoms with E-state index >= 15 is 0 Å². The van der Waals surface area contributed by atoms with E-state index in [4.69, 9.17) is 21.1 Å². The van der Waals surface area contributed by atoms with E-state index in [2.05, 4.69) is 9.88 Å². The fraction of sp³-hybridized carbons (Fsp3) is 0.615. The predicted octanol–water partition coefficient (Wildman–Crippen LogP) is 2.06. The third-order valence-electron chi connectivity index (χ3n) is 3.94. The van der Waals surface area contributed by atoms with Crippen LogP contribution in [-0.4, -0.2) is 43.3 Å². The van der Waals surface area contributed by atoms with Crippen molar-refractivity contribution >= 4 is 11.6 Å². The molecule has 1 fully saturated rings. The van der Waals surface area contributed by atoms with Crippen LogP contribution in [0.15, 0.2) is 6.07 Å². The van der Waals surface area contributed by atoms with E-state index in [1.165, 1.54) is 11.1 Å². The smallest absolute Gasteiger partial charge is 0.219 e. The number of ether oxygens (including phenoxy) is 2. The third kappa shape index (κ3) is 1.88. The van der Waals surface area contributed by atoms with Crippen molar-refractivity contribution in [3.63, 3.8) is 0 Å². The van der Waals surface area contributed by atoms with Gasteiger partial charge in [-0.15, -0.1) is 0 Å². The molecule has 1 aliphatic heterocycles. The molecule has 1 aliphatic carbocycles. The Balaban J connectivity index is 1.87. The lowest BCUT2D eigenvalue weighted by molar-refractivity contribution is -0.0514. The van der Waals surface area contributed by atoms with E-state index in [0.717, 1.165) is 25.9 Å². The molecule has 0 unspecified atom stereocenters. The van der Waals surface area contributed by atoms with E-state index in [1.54, 1.807) is 14.2 Å². The summed E-state index contributed by atoms with van der Waals surface area (Å²) in [4.78, 5) is 6.71. The Bertz CT molecular complexity index is 461. The molecule has 5 heteroatoms. The van der Waals surface area contributed by atoms with Crippen LogP contribution in [0, 0.1) is 0 Å². The Kier molecular flexibility index (Phi) is 3.18. The second kappa shape index (κ2) is 4.68. The van der Waals surface area contributed by atoms with Gasteiger partial charge in [-0.1, -0.05) is 11.6 Å². The summed E-state index contributed by atoms with van der Waals surface area (Å²) < 4.78 is 10.7. The van der Waals surface area contributed by atoms with Crippen molar-refractivity contribution in [1.29, 1.82) is 0 Å². The van der Waals surface area contributed by atoms with Crippen LogP contribution < -0.4 is 4.74 Å². The second-order valence-electron chi connectivity index (χ2n) is 4.89. The Morgan fingerprint density at radius 2 is 2.17 bits per heavy atom. The van der Waals surface area contributed by atoms with Crippen LogP contribution >= 0.6 is 11.6 Å². The third-order valence-corrected chi connectivity index (χ3v) is 4.14. The van der Waals surface area contributed by atoms with Crippen molar-refractivity contribution < 1.29 is 9.47 Å². The molecular weight excluding hydrogens is 252 g/mol. The summed E-state index contributed by atoms with van der Waals surface area (Å²) in [6.45, 7) is 1.98. The predicted molar refractivity (Wildman–Crippen MR) is 69.2 cm³/mol. The lowest BCUT2D eigenvalue weighted by Gasteiger charge is -2.42. The van der Waals surface area contributed by atoms with Crippen molar-refractivity contribution in [2.24, 2.45) is 0 Å². The quantitative estimate of drug-likeness (QED) is 0.786. The van der Waals surface area contributed by atoms with Crippen LogP contribution in [-0.2, 0) is 11.2 Å². The van der Waals surface area contributed by atoms with Gasteiger partial charge >= 0.3 is 0 Å². The molecule has 98 valence electrons. The molecule has 3 rings (SSSR count). The summed E-state index contributed by atoms with van der Waals surface area (Å²) in [7, 11) is 3.43. The van der Waals surface area contributed by atoms with E-state index < -0.39 is 0 Å². The van der Waals surface area contributed by atoms with E-state index in [-0.39, 0.29) is 0 Å². The van der Waals surface area contributed by atoms with Gasteiger partial charge in [-0.3, -0.25) is 4.90 Å². The summed E-state index contributed by atoms with van der Waals surface area (Å²) in [5.41, 5.74) is 2.49. The number of aryl methyl sites for hydroxylation is 1. The van der Waals surface area contributed by atoms with Crippen molar-refractivity contribution in [3.05, 3.63) is 22.3 Å². The molecule has 1 aromatic heterocycles. The summed E-state index contributed by atoms with van der Waals surface area (Å²) in [5, 5.41) is 0.518. The summed E-state index contributed by atoms with van der Waals surface area (Å²) in [6.07, 6.45) is 2.54. The number of aromatic nitrogens is 1. The van der Waals surface area contributed by atoms with Gasteiger partial charge in [0.25, 0.3) is 0 Å². The molecule has 1 aromatic rings. The highest BCUT2D eigenvalue weighted by Gasteiger charge is 2.38. The minimum absolute atomic E-state index is 0.375. The SMILES string of the molecule is COc1nc(Cl)cc2c1[C@@H](N1CC(OC)C1)CC2. The van der Waals surface area contributed by atoms with Gasteiger partial charge in [0.1, 0.15) is 5.15 Å². The molecule has 2 heterocycles. The van der Waals surface area contributed by atoms with Crippen LogP contribution in [0.1, 0.15) is 23.6 Å². The highest BCUT2D eigenvalue weighted by Crippen LogP contribution is 2.43. The number of pyridine rings is 1. The Morgan fingerprint density at radius 1 is 1.39 bits per heavy atom. The zero-order valence-electron chi connectivity index (χ0n) is 10.6. The van der Waals surface area contributed by atoms with Crippen molar-refractivity contribution in [2.75, 3.05) is 27.3 Å². The molecule has 0 radical (unpaired) electrons. The van der Waals surface area contributed by atoms with Crippen molar-refractivity contribution in [1.82, 2.24) is 9.88 Å². The fourth-order valence-electron chi connectivity index (χ4n) is 2.94. The first-order valence-corrected chi connectivity index (χ1v) is 6.61. The van der Waals surface area contributed by atoms with Gasteiger partial charge in [0.05, 0.1) is 13.2 Å². The van der Waals surface area contributed by atoms with Gasteiger partial charge < -0.3 is 9.47 Å². The van der Waals surface area contributed by atoms with Gasteiger partial charge in [-0.05, 0) is 24.5 Å². The monoisotopic (exact) mass is 268 g/mol. The zero-order chi connectivity index (χ0) is 12.7. The number of fused-ring (bicyclic) bond motifs is 1. The first-order chi connectivity index (χ1) is 8.72. The molecule has 0 saturated carbocycles. The number of methoxy groups -OCH3 is 2. The van der Waals surface area contributed by atoms with Crippen LogP contribution in [0.4, 0.5) is 0 Å². The van der Waals surface area contributed by atoms with E-state index in [9.17, 15) is 0 Å².